The summed E-state index contributed by atoms with van der Waals surface area (Å²) in [7, 11) is 0. The SMILES string of the molecule is Cc1ccc(P(Br)(Cc2cc([N+](=O)[O-])cc([N+](=O)[O-])c2)(c2ccc(C)cc2)c2ccc(C)cc2)cc1. The number of hydrogen-bond donors (Lipinski definition) is 0. The Labute approximate surface area is 218 Å². The molecule has 0 aliphatic carbocycles. The van der Waals surface area contributed by atoms with Gasteiger partial charge in [0.25, 0.3) is 0 Å². The molecule has 0 spiro atoms. The van der Waals surface area contributed by atoms with Crippen LogP contribution in [0.5, 0.6) is 0 Å². The van der Waals surface area contributed by atoms with Gasteiger partial charge in [0, 0.05) is 0 Å². The van der Waals surface area contributed by atoms with E-state index in [9.17, 15) is 20.2 Å². The van der Waals surface area contributed by atoms with E-state index in [1.54, 1.807) is 0 Å². The predicted molar refractivity (Wildman–Crippen MR) is 152 cm³/mol. The van der Waals surface area contributed by atoms with Gasteiger partial charge in [-0.3, -0.25) is 0 Å². The number of nitro groups is 2. The number of hydrogen-bond acceptors (Lipinski definition) is 4. The van der Waals surface area contributed by atoms with Gasteiger partial charge in [-0.25, -0.2) is 0 Å². The molecule has 0 aliphatic heterocycles. The molecular formula is C28H26BrN2O4P. The van der Waals surface area contributed by atoms with E-state index >= 15 is 0 Å². The molecule has 0 N–H and O–H groups in total. The van der Waals surface area contributed by atoms with Crippen LogP contribution in [0, 0.1) is 41.0 Å². The zero-order valence-corrected chi connectivity index (χ0v) is 22.7. The minimum absolute atomic E-state index is 0.298. The van der Waals surface area contributed by atoms with Crippen molar-refractivity contribution < 1.29 is 9.85 Å². The van der Waals surface area contributed by atoms with Crippen LogP contribution in [0.2, 0.25) is 0 Å². The van der Waals surface area contributed by atoms with Crippen molar-refractivity contribution in [2.45, 2.75) is 26.9 Å². The third-order valence-electron chi connectivity index (χ3n) is 6.58. The van der Waals surface area contributed by atoms with E-state index in [1.165, 1.54) is 12.1 Å². The Kier molecular flexibility index (Phi) is 6.82. The van der Waals surface area contributed by atoms with Crippen molar-refractivity contribution in [3.05, 3.63) is 133 Å². The Morgan fingerprint density at radius 1 is 0.611 bits per heavy atom. The average molecular weight is 565 g/mol. The van der Waals surface area contributed by atoms with Crippen molar-refractivity contribution in [2.24, 2.45) is 0 Å². The summed E-state index contributed by atoms with van der Waals surface area (Å²) in [6, 6.07) is 28.8. The molecule has 36 heavy (non-hydrogen) atoms. The van der Waals surface area contributed by atoms with Gasteiger partial charge in [-0.2, -0.15) is 0 Å². The van der Waals surface area contributed by atoms with Gasteiger partial charge in [-0.15, -0.1) is 0 Å². The number of benzene rings is 4. The van der Waals surface area contributed by atoms with Crippen LogP contribution < -0.4 is 15.9 Å². The topological polar surface area (TPSA) is 86.3 Å². The zero-order valence-electron chi connectivity index (χ0n) is 20.2. The molecule has 4 aromatic rings. The average Bonchev–Trinajstić information content (AvgIpc) is 2.85. The van der Waals surface area contributed by atoms with Crippen LogP contribution in [0.3, 0.4) is 0 Å². The third-order valence-corrected chi connectivity index (χ3v) is 16.1. The molecule has 0 radical (unpaired) electrons. The number of rotatable bonds is 7. The summed E-state index contributed by atoms with van der Waals surface area (Å²) in [6.45, 7) is 6.07. The number of halogens is 1. The molecule has 6 nitrogen and oxygen atoms in total. The number of nitrogens with zero attached hydrogens (tertiary/aromatic N) is 2. The molecule has 0 fully saturated rings. The fourth-order valence-corrected chi connectivity index (χ4v) is 12.2. The van der Waals surface area contributed by atoms with Crippen molar-refractivity contribution in [3.8, 4) is 0 Å². The van der Waals surface area contributed by atoms with E-state index in [0.29, 0.717) is 11.7 Å². The van der Waals surface area contributed by atoms with E-state index in [2.05, 4.69) is 88.3 Å². The van der Waals surface area contributed by atoms with Crippen LogP contribution in [0.15, 0.2) is 91.0 Å². The zero-order chi connectivity index (χ0) is 26.1. The summed E-state index contributed by atoms with van der Waals surface area (Å²) in [4.78, 5) is 22.2. The summed E-state index contributed by atoms with van der Waals surface area (Å²) in [6.07, 6.45) is 0.323. The molecule has 0 atom stereocenters. The second-order valence-corrected chi connectivity index (χ2v) is 18.1. The van der Waals surface area contributed by atoms with Crippen LogP contribution in [0.25, 0.3) is 0 Å². The number of non-ortho nitro benzene ring substituents is 2. The Morgan fingerprint density at radius 3 is 1.19 bits per heavy atom. The molecule has 184 valence electrons. The fourth-order valence-electron chi connectivity index (χ4n) is 4.59. The fraction of sp³-hybridized carbons (Fsp3) is 0.143. The third kappa shape index (κ3) is 4.57. The van der Waals surface area contributed by atoms with Gasteiger partial charge in [0.05, 0.1) is 0 Å². The molecular weight excluding hydrogens is 539 g/mol. The first-order valence-electron chi connectivity index (χ1n) is 11.4. The van der Waals surface area contributed by atoms with Crippen molar-refractivity contribution in [1.29, 1.82) is 0 Å². The van der Waals surface area contributed by atoms with Crippen molar-refractivity contribution >= 4 is 48.1 Å². The van der Waals surface area contributed by atoms with Crippen LogP contribution in [0.4, 0.5) is 11.4 Å². The molecule has 8 heteroatoms. The van der Waals surface area contributed by atoms with Crippen molar-refractivity contribution in [1.82, 2.24) is 0 Å². The molecule has 0 bridgehead atoms. The van der Waals surface area contributed by atoms with Crippen LogP contribution in [0.1, 0.15) is 22.3 Å². The summed E-state index contributed by atoms with van der Waals surface area (Å²) in [5.41, 5.74) is 3.24. The van der Waals surface area contributed by atoms with Gasteiger partial charge in [-0.1, -0.05) is 0 Å². The molecule has 0 amide bonds. The molecule has 0 heterocycles. The van der Waals surface area contributed by atoms with Gasteiger partial charge in [0.15, 0.2) is 0 Å². The normalized spacial score (nSPS) is 12.5. The maximum absolute atomic E-state index is 11.7. The Bertz CT molecular complexity index is 1310. The van der Waals surface area contributed by atoms with Crippen LogP contribution in [-0.4, -0.2) is 9.85 Å². The van der Waals surface area contributed by atoms with Gasteiger partial charge in [-0.05, 0) is 0 Å². The molecule has 0 aliphatic rings. The maximum atomic E-state index is 11.7. The minimum atomic E-state index is -3.51. The van der Waals surface area contributed by atoms with E-state index < -0.39 is 15.2 Å². The molecule has 0 saturated carbocycles. The second-order valence-electron chi connectivity index (χ2n) is 9.22. The van der Waals surface area contributed by atoms with Crippen LogP contribution >= 0.6 is 20.8 Å². The molecule has 0 unspecified atom stereocenters. The number of nitro benzene ring substituents is 2. The van der Waals surface area contributed by atoms with Gasteiger partial charge in [0.1, 0.15) is 0 Å². The van der Waals surface area contributed by atoms with Gasteiger partial charge >= 0.3 is 218 Å². The molecule has 4 rings (SSSR count). The standard InChI is InChI=1S/C28H26BrN2O4P/c1-20-4-10-26(11-5-20)36(29,27-12-6-21(2)7-13-27,28-14-8-22(3)9-15-28)19-23-16-24(30(32)33)18-25(17-23)31(34)35/h4-18H,19H2,1-3H3. The Morgan fingerprint density at radius 2 is 0.917 bits per heavy atom. The quantitative estimate of drug-likeness (QED) is 0.141. The van der Waals surface area contributed by atoms with E-state index in [0.717, 1.165) is 38.7 Å². The summed E-state index contributed by atoms with van der Waals surface area (Å²) >= 11 is 4.34. The first kappa shape index (κ1) is 25.7. The van der Waals surface area contributed by atoms with Crippen molar-refractivity contribution in [2.75, 3.05) is 0 Å². The molecule has 4 aromatic carbocycles. The Balaban J connectivity index is 2.12. The van der Waals surface area contributed by atoms with E-state index in [1.807, 2.05) is 20.8 Å². The second kappa shape index (κ2) is 9.57. The van der Waals surface area contributed by atoms with Gasteiger partial charge in [0.2, 0.25) is 0 Å². The Hall–Kier alpha value is -3.41. The molecule has 0 saturated heterocycles. The van der Waals surface area contributed by atoms with E-state index in [-0.39, 0.29) is 11.4 Å². The number of aryl methyl sites for hydroxylation is 3. The molecule has 0 aromatic heterocycles. The first-order valence-corrected chi connectivity index (χ1v) is 15.8. The predicted octanol–water partition coefficient (Wildman–Crippen LogP) is 6.77. The summed E-state index contributed by atoms with van der Waals surface area (Å²) in [5.74, 6) is 0. The summed E-state index contributed by atoms with van der Waals surface area (Å²) < 4.78 is 0. The first-order chi connectivity index (χ1) is 17.0. The van der Waals surface area contributed by atoms with E-state index in [4.69, 9.17) is 0 Å². The monoisotopic (exact) mass is 564 g/mol. The van der Waals surface area contributed by atoms with Gasteiger partial charge < -0.3 is 0 Å². The summed E-state index contributed by atoms with van der Waals surface area (Å²) in [5, 5.41) is 23.0. The van der Waals surface area contributed by atoms with Crippen LogP contribution in [-0.2, 0) is 6.16 Å². The van der Waals surface area contributed by atoms with Crippen molar-refractivity contribution in [3.63, 3.8) is 0 Å².